The van der Waals surface area contributed by atoms with Crippen LogP contribution in [0.2, 0.25) is 0 Å². The van der Waals surface area contributed by atoms with Gasteiger partial charge in [0.15, 0.2) is 5.82 Å². The van der Waals surface area contributed by atoms with Crippen LogP contribution < -0.4 is 5.32 Å². The molecule has 1 atom stereocenters. The van der Waals surface area contributed by atoms with Crippen molar-refractivity contribution in [1.82, 2.24) is 24.5 Å². The number of hydrogen-bond donors (Lipinski definition) is 2. The molecule has 0 unspecified atom stereocenters. The molecule has 3 heterocycles. The average molecular weight is 431 g/mol. The van der Waals surface area contributed by atoms with E-state index in [0.29, 0.717) is 30.5 Å². The Hall–Kier alpha value is -2.85. The van der Waals surface area contributed by atoms with Gasteiger partial charge >= 0.3 is 0 Å². The number of anilines is 2. The third-order valence-electron chi connectivity index (χ3n) is 5.07. The summed E-state index contributed by atoms with van der Waals surface area (Å²) in [6.45, 7) is 4.46. The number of sulfonamides is 1. The van der Waals surface area contributed by atoms with E-state index >= 15 is 0 Å². The first-order valence-corrected chi connectivity index (χ1v) is 11.2. The summed E-state index contributed by atoms with van der Waals surface area (Å²) >= 11 is 0. The average Bonchev–Trinajstić information content (AvgIpc) is 3.12. The number of aromatic amines is 1. The van der Waals surface area contributed by atoms with Crippen molar-refractivity contribution in [3.05, 3.63) is 59.4 Å². The molecule has 0 saturated carbocycles. The molecule has 0 amide bonds. The van der Waals surface area contributed by atoms with Crippen molar-refractivity contribution in [3.8, 4) is 0 Å². The van der Waals surface area contributed by atoms with Crippen LogP contribution in [0.4, 0.5) is 16.0 Å². The van der Waals surface area contributed by atoms with Gasteiger partial charge in [-0.25, -0.2) is 22.8 Å². The quantitative estimate of drug-likeness (QED) is 0.644. The van der Waals surface area contributed by atoms with Gasteiger partial charge in [0, 0.05) is 36.8 Å². The fraction of sp³-hybridized carbons (Fsp3) is 0.350. The second-order valence-corrected chi connectivity index (χ2v) is 9.38. The zero-order chi connectivity index (χ0) is 21.3. The Bertz CT molecular complexity index is 1150. The van der Waals surface area contributed by atoms with Gasteiger partial charge in [-0.05, 0) is 51.0 Å². The zero-order valence-electron chi connectivity index (χ0n) is 16.8. The molecule has 4 rings (SSSR count). The number of rotatable bonds is 5. The second kappa shape index (κ2) is 8.11. The number of halogens is 1. The minimum Gasteiger partial charge on any atom is -0.323 e. The number of aryl methyl sites for hydroxylation is 2. The van der Waals surface area contributed by atoms with E-state index in [1.807, 2.05) is 19.1 Å². The normalized spacial score (nSPS) is 17.8. The lowest BCUT2D eigenvalue weighted by atomic mass is 9.96. The molecule has 3 aromatic rings. The van der Waals surface area contributed by atoms with E-state index in [1.165, 1.54) is 16.4 Å². The van der Waals surface area contributed by atoms with E-state index in [2.05, 4.69) is 25.5 Å². The van der Waals surface area contributed by atoms with Crippen molar-refractivity contribution < 1.29 is 12.8 Å². The van der Waals surface area contributed by atoms with Crippen molar-refractivity contribution in [1.29, 1.82) is 0 Å². The third kappa shape index (κ3) is 4.34. The van der Waals surface area contributed by atoms with Crippen LogP contribution in [0.25, 0.3) is 0 Å². The van der Waals surface area contributed by atoms with Crippen molar-refractivity contribution >= 4 is 21.7 Å². The number of piperidine rings is 1. The number of nitrogens with zero attached hydrogens (tertiary/aromatic N) is 4. The molecule has 8 nitrogen and oxygen atoms in total. The highest BCUT2D eigenvalue weighted by Gasteiger charge is 2.31. The van der Waals surface area contributed by atoms with Crippen LogP contribution in [0.1, 0.15) is 36.0 Å². The number of nitrogens with one attached hydrogen (secondary N) is 2. The van der Waals surface area contributed by atoms with E-state index in [0.717, 1.165) is 36.4 Å². The highest BCUT2D eigenvalue weighted by Crippen LogP contribution is 2.30. The van der Waals surface area contributed by atoms with Crippen LogP contribution >= 0.6 is 0 Å². The summed E-state index contributed by atoms with van der Waals surface area (Å²) in [4.78, 5) is 9.07. The molecule has 1 aromatic carbocycles. The molecule has 158 valence electrons. The van der Waals surface area contributed by atoms with E-state index in [4.69, 9.17) is 0 Å². The van der Waals surface area contributed by atoms with E-state index < -0.39 is 15.8 Å². The van der Waals surface area contributed by atoms with Gasteiger partial charge in [-0.1, -0.05) is 0 Å². The first-order valence-electron chi connectivity index (χ1n) is 9.71. The Morgan fingerprint density at radius 1 is 1.13 bits per heavy atom. The Balaban J connectivity index is 1.56. The summed E-state index contributed by atoms with van der Waals surface area (Å²) < 4.78 is 40.7. The molecule has 0 spiro atoms. The van der Waals surface area contributed by atoms with E-state index in [1.54, 1.807) is 6.92 Å². The molecule has 1 fully saturated rings. The van der Waals surface area contributed by atoms with Gasteiger partial charge in [0.05, 0.1) is 10.6 Å². The minimum absolute atomic E-state index is 0.0582. The summed E-state index contributed by atoms with van der Waals surface area (Å²) in [6, 6.07) is 8.64. The first-order chi connectivity index (χ1) is 14.3. The Morgan fingerprint density at radius 2 is 1.90 bits per heavy atom. The van der Waals surface area contributed by atoms with Gasteiger partial charge in [-0.3, -0.25) is 5.10 Å². The standard InChI is InChI=1S/C20H23FN6O2S/c1-13-10-20(26-25-13)24-19-11-18(22-14(2)23-19)15-4-3-9-27(12-15)30(28,29)17-7-5-16(21)6-8-17/h5-8,10-11,15H,3-4,9,12H2,1-2H3,(H2,22,23,24,25,26)/t15-/m0/s1. The van der Waals surface area contributed by atoms with Gasteiger partial charge in [0.1, 0.15) is 17.5 Å². The molecule has 0 radical (unpaired) electrons. The maximum Gasteiger partial charge on any atom is 0.243 e. The van der Waals surface area contributed by atoms with Crippen LogP contribution in [0, 0.1) is 19.7 Å². The summed E-state index contributed by atoms with van der Waals surface area (Å²) in [5.41, 5.74) is 1.72. The van der Waals surface area contributed by atoms with Crippen LogP contribution in [0.3, 0.4) is 0 Å². The van der Waals surface area contributed by atoms with E-state index in [-0.39, 0.29) is 10.8 Å². The maximum atomic E-state index is 13.2. The van der Waals surface area contributed by atoms with Crippen molar-refractivity contribution in [2.75, 3.05) is 18.4 Å². The maximum absolute atomic E-state index is 13.2. The van der Waals surface area contributed by atoms with Crippen molar-refractivity contribution in [2.45, 2.75) is 37.5 Å². The number of hydrogen-bond acceptors (Lipinski definition) is 6. The highest BCUT2D eigenvalue weighted by molar-refractivity contribution is 7.89. The molecule has 2 N–H and O–H groups in total. The largest absolute Gasteiger partial charge is 0.323 e. The zero-order valence-corrected chi connectivity index (χ0v) is 17.6. The molecular formula is C20H23FN6O2S. The molecule has 0 aliphatic carbocycles. The predicted octanol–water partition coefficient (Wildman–Crippen LogP) is 3.27. The topological polar surface area (TPSA) is 104 Å². The first kappa shape index (κ1) is 20.4. The minimum atomic E-state index is -3.69. The summed E-state index contributed by atoms with van der Waals surface area (Å²) in [5, 5.41) is 10.2. The van der Waals surface area contributed by atoms with Crippen molar-refractivity contribution in [3.63, 3.8) is 0 Å². The molecule has 2 aromatic heterocycles. The molecule has 1 saturated heterocycles. The van der Waals surface area contributed by atoms with Crippen LogP contribution in [0.5, 0.6) is 0 Å². The lowest BCUT2D eigenvalue weighted by Crippen LogP contribution is -2.39. The molecule has 1 aliphatic heterocycles. The highest BCUT2D eigenvalue weighted by atomic mass is 32.2. The van der Waals surface area contributed by atoms with Crippen LogP contribution in [-0.4, -0.2) is 46.0 Å². The second-order valence-electron chi connectivity index (χ2n) is 7.44. The van der Waals surface area contributed by atoms with Gasteiger partial charge in [0.25, 0.3) is 0 Å². The summed E-state index contributed by atoms with van der Waals surface area (Å²) in [7, 11) is -3.69. The lowest BCUT2D eigenvalue weighted by molar-refractivity contribution is 0.312. The fourth-order valence-corrected chi connectivity index (χ4v) is 5.16. The lowest BCUT2D eigenvalue weighted by Gasteiger charge is -2.31. The number of H-pyrrole nitrogens is 1. The molecule has 10 heteroatoms. The SMILES string of the molecule is Cc1nc(Nc2cc(C)[nH]n2)cc([C@H]2CCCN(S(=O)(=O)c3ccc(F)cc3)C2)n1. The van der Waals surface area contributed by atoms with Gasteiger partial charge < -0.3 is 5.32 Å². The van der Waals surface area contributed by atoms with Crippen LogP contribution in [-0.2, 0) is 10.0 Å². The van der Waals surface area contributed by atoms with Gasteiger partial charge in [-0.2, -0.15) is 9.40 Å². The smallest absolute Gasteiger partial charge is 0.243 e. The molecular weight excluding hydrogens is 407 g/mol. The van der Waals surface area contributed by atoms with Crippen LogP contribution in [0.15, 0.2) is 41.3 Å². The van der Waals surface area contributed by atoms with Gasteiger partial charge in [0.2, 0.25) is 10.0 Å². The Kier molecular flexibility index (Phi) is 5.52. The number of aromatic nitrogens is 4. The van der Waals surface area contributed by atoms with Crippen molar-refractivity contribution in [2.24, 2.45) is 0 Å². The predicted molar refractivity (Wildman–Crippen MR) is 111 cm³/mol. The summed E-state index contributed by atoms with van der Waals surface area (Å²) in [5.74, 6) is 1.34. The molecule has 1 aliphatic rings. The number of benzene rings is 1. The monoisotopic (exact) mass is 430 g/mol. The molecule has 30 heavy (non-hydrogen) atoms. The summed E-state index contributed by atoms with van der Waals surface area (Å²) in [6.07, 6.45) is 1.54. The Morgan fingerprint density at radius 3 is 2.60 bits per heavy atom. The molecule has 0 bridgehead atoms. The van der Waals surface area contributed by atoms with Gasteiger partial charge in [-0.15, -0.1) is 0 Å². The fourth-order valence-electron chi connectivity index (χ4n) is 3.64. The van der Waals surface area contributed by atoms with E-state index in [9.17, 15) is 12.8 Å². The third-order valence-corrected chi connectivity index (χ3v) is 6.95. The Labute approximate surface area is 174 Å².